The summed E-state index contributed by atoms with van der Waals surface area (Å²) in [4.78, 5) is 0. The van der Waals surface area contributed by atoms with Crippen molar-refractivity contribution in [2.75, 3.05) is 13.2 Å². The highest BCUT2D eigenvalue weighted by Crippen LogP contribution is 2.54. The zero-order valence-electron chi connectivity index (χ0n) is 16.1. The van der Waals surface area contributed by atoms with Crippen LogP contribution < -0.4 is 0 Å². The highest BCUT2D eigenvalue weighted by molar-refractivity contribution is 6.49. The van der Waals surface area contributed by atoms with E-state index in [4.69, 9.17) is 51.1 Å². The van der Waals surface area contributed by atoms with Crippen molar-refractivity contribution < 1.29 is 4.74 Å². The molecule has 0 aromatic carbocycles. The van der Waals surface area contributed by atoms with Crippen molar-refractivity contribution in [3.8, 4) is 0 Å². The zero-order chi connectivity index (χ0) is 18.9. The molecule has 0 heterocycles. The van der Waals surface area contributed by atoms with Gasteiger partial charge in [0, 0.05) is 10.8 Å². The Balaban J connectivity index is 1.90. The number of halogens is 4. The minimum absolute atomic E-state index is 0.117. The van der Waals surface area contributed by atoms with Gasteiger partial charge in [-0.05, 0) is 37.5 Å². The van der Waals surface area contributed by atoms with Crippen LogP contribution in [-0.2, 0) is 4.74 Å². The van der Waals surface area contributed by atoms with Crippen molar-refractivity contribution in [3.63, 3.8) is 0 Å². The molecule has 0 spiro atoms. The van der Waals surface area contributed by atoms with Gasteiger partial charge in [-0.25, -0.2) is 0 Å². The highest BCUT2D eigenvalue weighted by atomic mass is 35.5. The molecule has 2 aliphatic carbocycles. The molecule has 25 heavy (non-hydrogen) atoms. The Morgan fingerprint density at radius 1 is 0.720 bits per heavy atom. The van der Waals surface area contributed by atoms with Gasteiger partial charge >= 0.3 is 0 Å². The maximum absolute atomic E-state index is 6.73. The average molecular weight is 432 g/mol. The molecule has 0 bridgehead atoms. The average Bonchev–Trinajstić information content (AvgIpc) is 2.52. The summed E-state index contributed by atoms with van der Waals surface area (Å²) in [5.74, 6) is 1.51. The van der Waals surface area contributed by atoms with Crippen molar-refractivity contribution in [2.24, 2.45) is 22.7 Å². The molecule has 0 atom stereocenters. The smallest absolute Gasteiger partial charge is 0.146 e. The van der Waals surface area contributed by atoms with E-state index in [1.165, 1.54) is 25.7 Å². The lowest BCUT2D eigenvalue weighted by Gasteiger charge is -2.46. The molecular weight excluding hydrogens is 398 g/mol. The van der Waals surface area contributed by atoms with Crippen LogP contribution in [0.1, 0.15) is 79.1 Å². The van der Waals surface area contributed by atoms with Gasteiger partial charge in [0.2, 0.25) is 0 Å². The fraction of sp³-hybridized carbons (Fsp3) is 1.00. The third-order valence-electron chi connectivity index (χ3n) is 7.09. The van der Waals surface area contributed by atoms with Gasteiger partial charge in [-0.1, -0.05) is 99.8 Å². The molecule has 2 saturated carbocycles. The van der Waals surface area contributed by atoms with Gasteiger partial charge in [-0.15, -0.1) is 0 Å². The molecule has 148 valence electrons. The quantitative estimate of drug-likeness (QED) is 0.390. The molecule has 0 N–H and O–H groups in total. The first-order chi connectivity index (χ1) is 11.4. The van der Waals surface area contributed by atoms with Crippen LogP contribution >= 0.6 is 46.4 Å². The van der Waals surface area contributed by atoms with E-state index in [0.717, 1.165) is 37.5 Å². The lowest BCUT2D eigenvalue weighted by atomic mass is 9.69. The van der Waals surface area contributed by atoms with Crippen molar-refractivity contribution in [1.82, 2.24) is 0 Å². The standard InChI is InChI=1S/C20H34Cl4O/c1-15-5-9-17(3,10-6-15)19(21,22)13-25-14-20(23,24)18(4)11-7-16(2)8-12-18/h15-16H,5-14H2,1-4H3. The molecule has 1 nitrogen and oxygen atoms in total. The van der Waals surface area contributed by atoms with Gasteiger partial charge in [0.1, 0.15) is 8.67 Å². The minimum atomic E-state index is -0.904. The second-order valence-corrected chi connectivity index (χ2v) is 12.4. The van der Waals surface area contributed by atoms with Gasteiger partial charge in [0.25, 0.3) is 0 Å². The molecule has 2 fully saturated rings. The molecule has 0 radical (unpaired) electrons. The Labute approximate surface area is 174 Å². The molecule has 5 heteroatoms. The molecule has 0 aromatic rings. The summed E-state index contributed by atoms with van der Waals surface area (Å²) >= 11 is 26.9. The van der Waals surface area contributed by atoms with Crippen LogP contribution in [-0.4, -0.2) is 21.9 Å². The van der Waals surface area contributed by atoms with Crippen molar-refractivity contribution in [1.29, 1.82) is 0 Å². The van der Waals surface area contributed by atoms with Crippen LogP contribution in [0.5, 0.6) is 0 Å². The summed E-state index contributed by atoms with van der Waals surface area (Å²) in [5.41, 5.74) is -0.234. The number of ether oxygens (including phenoxy) is 1. The van der Waals surface area contributed by atoms with Crippen LogP contribution in [0.4, 0.5) is 0 Å². The summed E-state index contributed by atoms with van der Waals surface area (Å²) in [7, 11) is 0. The van der Waals surface area contributed by atoms with Gasteiger partial charge in [0.05, 0.1) is 13.2 Å². The third kappa shape index (κ3) is 5.14. The molecular formula is C20H34Cl4O. The molecule has 0 aliphatic heterocycles. The van der Waals surface area contributed by atoms with E-state index in [-0.39, 0.29) is 24.0 Å². The van der Waals surface area contributed by atoms with E-state index >= 15 is 0 Å². The first-order valence-electron chi connectivity index (χ1n) is 9.74. The highest BCUT2D eigenvalue weighted by Gasteiger charge is 2.50. The summed E-state index contributed by atoms with van der Waals surface area (Å²) < 4.78 is 4.12. The Hall–Kier alpha value is 1.12. The lowest BCUT2D eigenvalue weighted by molar-refractivity contribution is 0.0333. The van der Waals surface area contributed by atoms with Crippen LogP contribution in [0.15, 0.2) is 0 Å². The summed E-state index contributed by atoms with van der Waals surface area (Å²) in [5, 5.41) is 0. The largest absolute Gasteiger partial charge is 0.375 e. The van der Waals surface area contributed by atoms with Gasteiger partial charge in [-0.2, -0.15) is 0 Å². The van der Waals surface area contributed by atoms with E-state index in [9.17, 15) is 0 Å². The van der Waals surface area contributed by atoms with Crippen LogP contribution in [0.2, 0.25) is 0 Å². The second-order valence-electron chi connectivity index (χ2n) is 9.39. The third-order valence-corrected chi connectivity index (χ3v) is 9.35. The van der Waals surface area contributed by atoms with E-state index in [2.05, 4.69) is 27.7 Å². The molecule has 0 unspecified atom stereocenters. The Morgan fingerprint density at radius 3 is 1.28 bits per heavy atom. The number of alkyl halides is 4. The van der Waals surface area contributed by atoms with E-state index in [1.54, 1.807) is 0 Å². The predicted octanol–water partition coefficient (Wildman–Crippen LogP) is 7.78. The SMILES string of the molecule is CC1CCC(C)(C(Cl)(Cl)COCC(Cl)(Cl)C2(C)CCC(C)CC2)CC1. The van der Waals surface area contributed by atoms with Crippen molar-refractivity contribution >= 4 is 46.4 Å². The maximum Gasteiger partial charge on any atom is 0.146 e. The maximum atomic E-state index is 6.73. The molecule has 0 amide bonds. The summed E-state index contributed by atoms with van der Waals surface area (Å²) in [6.07, 6.45) is 8.82. The molecule has 2 rings (SSSR count). The first-order valence-corrected chi connectivity index (χ1v) is 11.3. The lowest BCUT2D eigenvalue weighted by Crippen LogP contribution is -2.46. The van der Waals surface area contributed by atoms with Crippen molar-refractivity contribution in [3.05, 3.63) is 0 Å². The topological polar surface area (TPSA) is 9.23 Å². The van der Waals surface area contributed by atoms with Gasteiger partial charge in [0.15, 0.2) is 0 Å². The van der Waals surface area contributed by atoms with Crippen molar-refractivity contribution in [2.45, 2.75) is 87.7 Å². The fourth-order valence-corrected chi connectivity index (χ4v) is 5.25. The fourth-order valence-electron chi connectivity index (χ4n) is 4.19. The summed E-state index contributed by atoms with van der Waals surface area (Å²) in [6.45, 7) is 9.49. The number of hydrogen-bond acceptors (Lipinski definition) is 1. The van der Waals surface area contributed by atoms with Crippen LogP contribution in [0, 0.1) is 22.7 Å². The Bertz CT molecular complexity index is 393. The predicted molar refractivity (Wildman–Crippen MR) is 111 cm³/mol. The Kier molecular flexibility index (Phi) is 7.38. The van der Waals surface area contributed by atoms with E-state index in [1.807, 2.05) is 0 Å². The molecule has 0 saturated heterocycles. The van der Waals surface area contributed by atoms with Gasteiger partial charge < -0.3 is 4.74 Å². The monoisotopic (exact) mass is 430 g/mol. The second kappa shape index (κ2) is 8.24. The first kappa shape index (κ1) is 22.4. The van der Waals surface area contributed by atoms with Crippen LogP contribution in [0.3, 0.4) is 0 Å². The molecule has 0 aromatic heterocycles. The number of rotatable bonds is 6. The Morgan fingerprint density at radius 2 is 1.00 bits per heavy atom. The number of hydrogen-bond donors (Lipinski definition) is 0. The normalized spacial score (nSPS) is 37.9. The summed E-state index contributed by atoms with van der Waals surface area (Å²) in [6, 6.07) is 0. The van der Waals surface area contributed by atoms with E-state index in [0.29, 0.717) is 0 Å². The van der Waals surface area contributed by atoms with Crippen LogP contribution in [0.25, 0.3) is 0 Å². The van der Waals surface area contributed by atoms with Gasteiger partial charge in [-0.3, -0.25) is 0 Å². The minimum Gasteiger partial charge on any atom is -0.375 e. The van der Waals surface area contributed by atoms with E-state index < -0.39 is 8.67 Å². The molecule has 2 aliphatic rings. The zero-order valence-corrected chi connectivity index (χ0v) is 19.2.